The van der Waals surface area contributed by atoms with Crippen molar-refractivity contribution < 1.29 is 4.74 Å². The van der Waals surface area contributed by atoms with E-state index in [9.17, 15) is 0 Å². The molecule has 0 saturated carbocycles. The maximum atomic E-state index is 5.09. The molecule has 0 aromatic carbocycles. The lowest BCUT2D eigenvalue weighted by Crippen LogP contribution is -1.91. The van der Waals surface area contributed by atoms with Gasteiger partial charge in [0.25, 0.3) is 0 Å². The molecule has 1 aromatic heterocycles. The molecule has 0 aliphatic carbocycles. The second-order valence-electron chi connectivity index (χ2n) is 2.79. The summed E-state index contributed by atoms with van der Waals surface area (Å²) in [5, 5.41) is 2.11. The fraction of sp³-hybridized carbons (Fsp3) is 0.667. The zero-order valence-electron chi connectivity index (χ0n) is 7.97. The quantitative estimate of drug-likeness (QED) is 0.762. The molecule has 74 valence electrons. The lowest BCUT2D eigenvalue weighted by molar-refractivity contribution is 0.181. The molecule has 0 aliphatic heterocycles. The van der Waals surface area contributed by atoms with E-state index in [-0.39, 0.29) is 0 Å². The summed E-state index contributed by atoms with van der Waals surface area (Å²) in [5.41, 5.74) is 1.09. The van der Waals surface area contributed by atoms with Crippen molar-refractivity contribution in [3.05, 3.63) is 15.6 Å². The van der Waals surface area contributed by atoms with Crippen molar-refractivity contribution in [1.82, 2.24) is 4.98 Å². The summed E-state index contributed by atoms with van der Waals surface area (Å²) in [7, 11) is 1.71. The predicted octanol–water partition coefficient (Wildman–Crippen LogP) is 3.14. The number of hydrogen-bond donors (Lipinski definition) is 0. The Morgan fingerprint density at radius 1 is 1.54 bits per heavy atom. The summed E-state index contributed by atoms with van der Waals surface area (Å²) in [6.07, 6.45) is 2.23. The topological polar surface area (TPSA) is 22.1 Å². The highest BCUT2D eigenvalue weighted by atomic mass is 79.9. The average molecular weight is 264 g/mol. The van der Waals surface area contributed by atoms with Gasteiger partial charge in [0, 0.05) is 17.3 Å². The first-order valence-corrected chi connectivity index (χ1v) is 6.28. The number of alkyl halides is 1. The molecule has 1 aromatic rings. The summed E-state index contributed by atoms with van der Waals surface area (Å²) in [4.78, 5) is 5.82. The first-order chi connectivity index (χ1) is 6.31. The van der Waals surface area contributed by atoms with Crippen LogP contribution < -0.4 is 0 Å². The van der Waals surface area contributed by atoms with Gasteiger partial charge in [-0.15, -0.1) is 11.3 Å². The Kier molecular flexibility index (Phi) is 4.91. The Hall–Kier alpha value is 0.0700. The van der Waals surface area contributed by atoms with Gasteiger partial charge < -0.3 is 4.74 Å². The molecule has 0 atom stereocenters. The van der Waals surface area contributed by atoms with Crippen LogP contribution in [0.1, 0.15) is 28.9 Å². The Labute approximate surface area is 91.5 Å². The van der Waals surface area contributed by atoms with Crippen LogP contribution in [0.5, 0.6) is 0 Å². The second kappa shape index (κ2) is 5.73. The second-order valence-corrected chi connectivity index (χ2v) is 4.52. The first-order valence-electron chi connectivity index (χ1n) is 4.34. The van der Waals surface area contributed by atoms with Crippen molar-refractivity contribution >= 4 is 27.3 Å². The molecule has 0 fully saturated rings. The maximum Gasteiger partial charge on any atom is 0.0932 e. The number of ether oxygens (including phenoxy) is 1. The molecule has 1 rings (SSSR count). The molecular weight excluding hydrogens is 250 g/mol. The van der Waals surface area contributed by atoms with Gasteiger partial charge in [-0.3, -0.25) is 0 Å². The summed E-state index contributed by atoms with van der Waals surface area (Å²) >= 11 is 5.24. The van der Waals surface area contributed by atoms with Crippen LogP contribution in [0.15, 0.2) is 0 Å². The molecule has 0 aliphatic rings. The molecule has 13 heavy (non-hydrogen) atoms. The number of thiazole rings is 1. The maximum absolute atomic E-state index is 5.09. The van der Waals surface area contributed by atoms with E-state index in [1.165, 1.54) is 9.88 Å². The molecule has 0 amide bonds. The van der Waals surface area contributed by atoms with Gasteiger partial charge in [0.2, 0.25) is 0 Å². The Bertz CT molecular complexity index is 262. The SMILES string of the molecule is CCCc1nc(COC)c(CBr)s1. The lowest BCUT2D eigenvalue weighted by Gasteiger charge is -1.95. The van der Waals surface area contributed by atoms with Crippen molar-refractivity contribution in [2.24, 2.45) is 0 Å². The number of hydrogen-bond acceptors (Lipinski definition) is 3. The van der Waals surface area contributed by atoms with Crippen LogP contribution in [0.25, 0.3) is 0 Å². The predicted molar refractivity (Wildman–Crippen MR) is 59.5 cm³/mol. The number of methoxy groups -OCH3 is 1. The van der Waals surface area contributed by atoms with Gasteiger partial charge in [-0.05, 0) is 12.8 Å². The van der Waals surface area contributed by atoms with E-state index >= 15 is 0 Å². The van der Waals surface area contributed by atoms with E-state index in [0.717, 1.165) is 23.9 Å². The molecule has 0 spiro atoms. The Balaban J connectivity index is 2.77. The molecule has 1 heterocycles. The number of aromatic nitrogens is 1. The van der Waals surface area contributed by atoms with E-state index in [1.807, 2.05) is 0 Å². The molecule has 0 N–H and O–H groups in total. The van der Waals surface area contributed by atoms with Crippen LogP contribution >= 0.6 is 27.3 Å². The van der Waals surface area contributed by atoms with Gasteiger partial charge in [-0.1, -0.05) is 22.9 Å². The molecule has 0 unspecified atom stereocenters. The van der Waals surface area contributed by atoms with Crippen LogP contribution in [0.4, 0.5) is 0 Å². The third-order valence-corrected chi connectivity index (χ3v) is 3.78. The summed E-state index contributed by atoms with van der Waals surface area (Å²) < 4.78 is 5.09. The van der Waals surface area contributed by atoms with Gasteiger partial charge in [-0.2, -0.15) is 0 Å². The number of halogens is 1. The van der Waals surface area contributed by atoms with Gasteiger partial charge in [0.15, 0.2) is 0 Å². The van der Waals surface area contributed by atoms with Crippen LogP contribution in [0.3, 0.4) is 0 Å². The summed E-state index contributed by atoms with van der Waals surface area (Å²) in [6.45, 7) is 2.80. The van der Waals surface area contributed by atoms with Crippen molar-refractivity contribution in [2.45, 2.75) is 31.7 Å². The van der Waals surface area contributed by atoms with Gasteiger partial charge in [0.1, 0.15) is 0 Å². The molecule has 2 nitrogen and oxygen atoms in total. The van der Waals surface area contributed by atoms with Crippen molar-refractivity contribution in [1.29, 1.82) is 0 Å². The smallest absolute Gasteiger partial charge is 0.0932 e. The van der Waals surface area contributed by atoms with Crippen LogP contribution in [0, 0.1) is 0 Å². The fourth-order valence-corrected chi connectivity index (χ4v) is 2.80. The normalized spacial score (nSPS) is 10.7. The van der Waals surface area contributed by atoms with E-state index in [4.69, 9.17) is 4.74 Å². The molecule has 0 radical (unpaired) electrons. The van der Waals surface area contributed by atoms with E-state index in [1.54, 1.807) is 18.4 Å². The van der Waals surface area contributed by atoms with E-state index in [0.29, 0.717) is 6.61 Å². The third-order valence-electron chi connectivity index (χ3n) is 1.69. The van der Waals surface area contributed by atoms with E-state index < -0.39 is 0 Å². The van der Waals surface area contributed by atoms with Crippen LogP contribution in [-0.2, 0) is 23.1 Å². The Morgan fingerprint density at radius 3 is 2.85 bits per heavy atom. The highest BCUT2D eigenvalue weighted by molar-refractivity contribution is 9.08. The zero-order chi connectivity index (χ0) is 9.68. The molecule has 4 heteroatoms. The molecule has 0 bridgehead atoms. The van der Waals surface area contributed by atoms with Crippen LogP contribution in [-0.4, -0.2) is 12.1 Å². The minimum Gasteiger partial charge on any atom is -0.378 e. The first kappa shape index (κ1) is 11.1. The number of aryl methyl sites for hydroxylation is 1. The van der Waals surface area contributed by atoms with Gasteiger partial charge in [-0.25, -0.2) is 4.98 Å². The van der Waals surface area contributed by atoms with Crippen LogP contribution in [0.2, 0.25) is 0 Å². The summed E-state index contributed by atoms with van der Waals surface area (Å²) in [6, 6.07) is 0. The largest absolute Gasteiger partial charge is 0.378 e. The highest BCUT2D eigenvalue weighted by Crippen LogP contribution is 2.22. The monoisotopic (exact) mass is 263 g/mol. The zero-order valence-corrected chi connectivity index (χ0v) is 10.4. The number of nitrogens with zero attached hydrogens (tertiary/aromatic N) is 1. The van der Waals surface area contributed by atoms with Crippen molar-refractivity contribution in [3.8, 4) is 0 Å². The number of rotatable bonds is 5. The van der Waals surface area contributed by atoms with Crippen molar-refractivity contribution in [2.75, 3.05) is 7.11 Å². The van der Waals surface area contributed by atoms with E-state index in [2.05, 4.69) is 27.8 Å². The lowest BCUT2D eigenvalue weighted by atomic mass is 10.3. The Morgan fingerprint density at radius 2 is 2.31 bits per heavy atom. The third kappa shape index (κ3) is 3.04. The minimum absolute atomic E-state index is 0.626. The highest BCUT2D eigenvalue weighted by Gasteiger charge is 2.08. The molecular formula is C9H14BrNOS. The fourth-order valence-electron chi connectivity index (χ4n) is 1.11. The van der Waals surface area contributed by atoms with Gasteiger partial charge >= 0.3 is 0 Å². The van der Waals surface area contributed by atoms with Crippen molar-refractivity contribution in [3.63, 3.8) is 0 Å². The average Bonchev–Trinajstić information content (AvgIpc) is 2.49. The standard InChI is InChI=1S/C9H14BrNOS/c1-3-4-9-11-7(6-12-2)8(5-10)13-9/h3-6H2,1-2H3. The van der Waals surface area contributed by atoms with Gasteiger partial charge in [0.05, 0.1) is 17.3 Å². The minimum atomic E-state index is 0.626. The molecule has 0 saturated heterocycles. The summed E-state index contributed by atoms with van der Waals surface area (Å²) in [5.74, 6) is 0.